The van der Waals surface area contributed by atoms with Crippen molar-refractivity contribution in [3.8, 4) is 0 Å². The van der Waals surface area contributed by atoms with Crippen molar-refractivity contribution < 1.29 is 9.26 Å². The van der Waals surface area contributed by atoms with E-state index in [1.165, 1.54) is 0 Å². The van der Waals surface area contributed by atoms with Crippen LogP contribution in [-0.4, -0.2) is 17.5 Å². The number of nitrogens with zero attached hydrogens (tertiary/aromatic N) is 1. The van der Waals surface area contributed by atoms with E-state index in [9.17, 15) is 0 Å². The summed E-state index contributed by atoms with van der Waals surface area (Å²) in [6, 6.07) is 1.80. The first-order chi connectivity index (χ1) is 7.47. The Balaban J connectivity index is 2.15. The van der Waals surface area contributed by atoms with E-state index >= 15 is 0 Å². The predicted octanol–water partition coefficient (Wildman–Crippen LogP) is 2.04. The van der Waals surface area contributed by atoms with Gasteiger partial charge in [0, 0.05) is 18.1 Å². The zero-order valence-corrected chi connectivity index (χ0v) is 10.2. The number of ether oxygens (including phenoxy) is 1. The maximum atomic E-state index is 7.85. The number of nitrogens with one attached hydrogen (secondary N) is 1. The summed E-state index contributed by atoms with van der Waals surface area (Å²) in [4.78, 5) is 0. The van der Waals surface area contributed by atoms with E-state index in [0.29, 0.717) is 12.0 Å². The second kappa shape index (κ2) is 4.09. The molecule has 0 aromatic carbocycles. The normalized spacial score (nSPS) is 21.6. The molecule has 0 bridgehead atoms. The molecule has 0 aliphatic carbocycles. The lowest BCUT2D eigenvalue weighted by Crippen LogP contribution is -2.22. The monoisotopic (exact) mass is 224 g/mol. The minimum absolute atomic E-state index is 0.0441. The lowest BCUT2D eigenvalue weighted by Gasteiger charge is -2.14. The van der Waals surface area contributed by atoms with Crippen molar-refractivity contribution in [2.75, 3.05) is 6.61 Å². The molecule has 4 heteroatoms. The highest BCUT2D eigenvalue weighted by atomic mass is 16.5. The molecule has 2 heterocycles. The molecule has 1 aromatic rings. The molecule has 1 N–H and O–H groups in total. The molecule has 4 nitrogen and oxygen atoms in total. The molecular weight excluding hydrogens is 204 g/mol. The van der Waals surface area contributed by atoms with Crippen molar-refractivity contribution in [1.29, 1.82) is 5.41 Å². The Hall–Kier alpha value is -1.03. The lowest BCUT2D eigenvalue weighted by atomic mass is 9.94. The molecule has 1 aliphatic rings. The van der Waals surface area contributed by atoms with E-state index in [-0.39, 0.29) is 11.5 Å². The first kappa shape index (κ1) is 11.5. The first-order valence-corrected chi connectivity index (χ1v) is 5.84. The zero-order chi connectivity index (χ0) is 11.8. The second-order valence-electron chi connectivity index (χ2n) is 5.43. The fraction of sp³-hybridized carbons (Fsp3) is 0.750. The summed E-state index contributed by atoms with van der Waals surface area (Å²) in [5, 5.41) is 7.85. The van der Waals surface area contributed by atoms with Gasteiger partial charge >= 0.3 is 0 Å². The highest BCUT2D eigenvalue weighted by Gasteiger charge is 2.22. The van der Waals surface area contributed by atoms with E-state index in [1.54, 1.807) is 10.8 Å². The Morgan fingerprint density at radius 3 is 2.75 bits per heavy atom. The third-order valence-electron chi connectivity index (χ3n) is 2.88. The number of hydrogen-bond acceptors (Lipinski definition) is 3. The SMILES string of the molecule is CC(C)(C)c1cc(=N)n(C[C@H]2CCCO2)o1. The molecule has 0 spiro atoms. The minimum Gasteiger partial charge on any atom is -0.382 e. The Bertz CT molecular complexity index is 405. The lowest BCUT2D eigenvalue weighted by molar-refractivity contribution is 0.0664. The molecule has 1 aromatic heterocycles. The highest BCUT2D eigenvalue weighted by Crippen LogP contribution is 2.21. The van der Waals surface area contributed by atoms with Crippen molar-refractivity contribution in [2.45, 2.75) is 51.7 Å². The van der Waals surface area contributed by atoms with Crippen molar-refractivity contribution in [3.05, 3.63) is 17.3 Å². The predicted molar refractivity (Wildman–Crippen MR) is 60.2 cm³/mol. The molecule has 90 valence electrons. The molecule has 1 aliphatic heterocycles. The fourth-order valence-corrected chi connectivity index (χ4v) is 1.85. The van der Waals surface area contributed by atoms with Gasteiger partial charge < -0.3 is 9.26 Å². The van der Waals surface area contributed by atoms with Crippen LogP contribution in [0.2, 0.25) is 0 Å². The van der Waals surface area contributed by atoms with Crippen LogP contribution >= 0.6 is 0 Å². The topological polar surface area (TPSA) is 51.2 Å². The average Bonchev–Trinajstić information content (AvgIpc) is 2.76. The van der Waals surface area contributed by atoms with Crippen LogP contribution in [0.1, 0.15) is 39.4 Å². The molecule has 0 unspecified atom stereocenters. The molecular formula is C12H20N2O2. The molecule has 1 saturated heterocycles. The largest absolute Gasteiger partial charge is 0.382 e. The zero-order valence-electron chi connectivity index (χ0n) is 10.2. The van der Waals surface area contributed by atoms with Crippen LogP contribution in [0.3, 0.4) is 0 Å². The quantitative estimate of drug-likeness (QED) is 0.835. The summed E-state index contributed by atoms with van der Waals surface area (Å²) in [5.41, 5.74) is 0.387. The van der Waals surface area contributed by atoms with Crippen LogP contribution in [0.4, 0.5) is 0 Å². The molecule has 0 saturated carbocycles. The maximum Gasteiger partial charge on any atom is 0.159 e. The van der Waals surface area contributed by atoms with E-state index in [4.69, 9.17) is 14.7 Å². The van der Waals surface area contributed by atoms with Gasteiger partial charge in [-0.1, -0.05) is 20.8 Å². The molecule has 0 amide bonds. The van der Waals surface area contributed by atoms with Crippen LogP contribution in [0.25, 0.3) is 0 Å². The van der Waals surface area contributed by atoms with Gasteiger partial charge in [-0.25, -0.2) is 0 Å². The number of hydrogen-bond donors (Lipinski definition) is 1. The van der Waals surface area contributed by atoms with Gasteiger partial charge in [-0.2, -0.15) is 4.74 Å². The fourth-order valence-electron chi connectivity index (χ4n) is 1.85. The van der Waals surface area contributed by atoms with Crippen molar-refractivity contribution in [2.24, 2.45) is 0 Å². The molecule has 2 rings (SSSR count). The summed E-state index contributed by atoms with van der Waals surface area (Å²) in [5.74, 6) is 0.857. The maximum absolute atomic E-state index is 7.85. The Labute approximate surface area is 95.7 Å². The second-order valence-corrected chi connectivity index (χ2v) is 5.43. The smallest absolute Gasteiger partial charge is 0.159 e. The standard InChI is InChI=1S/C12H20N2O2/c1-12(2,3)10-7-11(13)14(16-10)8-9-5-4-6-15-9/h7,9,13H,4-6,8H2,1-3H3/t9-/m1/s1. The van der Waals surface area contributed by atoms with Crippen LogP contribution in [-0.2, 0) is 16.7 Å². The van der Waals surface area contributed by atoms with Gasteiger partial charge in [0.1, 0.15) is 5.76 Å². The van der Waals surface area contributed by atoms with E-state index in [0.717, 1.165) is 25.2 Å². The van der Waals surface area contributed by atoms with Crippen LogP contribution < -0.4 is 5.49 Å². The van der Waals surface area contributed by atoms with Gasteiger partial charge in [0.2, 0.25) is 0 Å². The van der Waals surface area contributed by atoms with Gasteiger partial charge in [0.25, 0.3) is 0 Å². The van der Waals surface area contributed by atoms with E-state index < -0.39 is 0 Å². The molecule has 0 radical (unpaired) electrons. The summed E-state index contributed by atoms with van der Waals surface area (Å²) in [6.07, 6.45) is 2.40. The minimum atomic E-state index is -0.0441. The van der Waals surface area contributed by atoms with Gasteiger partial charge in [0.05, 0.1) is 12.6 Å². The van der Waals surface area contributed by atoms with Crippen LogP contribution in [0.5, 0.6) is 0 Å². The van der Waals surface area contributed by atoms with Crippen molar-refractivity contribution in [3.63, 3.8) is 0 Å². The summed E-state index contributed by atoms with van der Waals surface area (Å²) < 4.78 is 12.9. The Morgan fingerprint density at radius 1 is 1.50 bits per heavy atom. The van der Waals surface area contributed by atoms with Gasteiger partial charge in [0.15, 0.2) is 5.49 Å². The Morgan fingerprint density at radius 2 is 2.25 bits per heavy atom. The number of rotatable bonds is 2. The highest BCUT2D eigenvalue weighted by molar-refractivity contribution is 5.06. The van der Waals surface area contributed by atoms with Gasteiger partial charge in [-0.3, -0.25) is 5.41 Å². The van der Waals surface area contributed by atoms with Gasteiger partial charge in [-0.15, -0.1) is 0 Å². The third kappa shape index (κ3) is 2.38. The molecule has 1 atom stereocenters. The number of aromatic nitrogens is 1. The summed E-state index contributed by atoms with van der Waals surface area (Å²) in [7, 11) is 0. The summed E-state index contributed by atoms with van der Waals surface area (Å²) in [6.45, 7) is 7.76. The van der Waals surface area contributed by atoms with Crippen LogP contribution in [0, 0.1) is 5.41 Å². The van der Waals surface area contributed by atoms with Crippen molar-refractivity contribution in [1.82, 2.24) is 4.74 Å². The molecule has 1 fully saturated rings. The average molecular weight is 224 g/mol. The summed E-state index contributed by atoms with van der Waals surface area (Å²) >= 11 is 0. The Kier molecular flexibility index (Phi) is 2.93. The van der Waals surface area contributed by atoms with Crippen molar-refractivity contribution >= 4 is 0 Å². The van der Waals surface area contributed by atoms with Gasteiger partial charge in [-0.05, 0) is 12.8 Å². The van der Waals surface area contributed by atoms with E-state index in [2.05, 4.69) is 20.8 Å². The van der Waals surface area contributed by atoms with Crippen LogP contribution in [0.15, 0.2) is 10.6 Å². The first-order valence-electron chi connectivity index (χ1n) is 5.84. The third-order valence-corrected chi connectivity index (χ3v) is 2.88. The molecule has 16 heavy (non-hydrogen) atoms. The van der Waals surface area contributed by atoms with E-state index in [1.807, 2.05) is 0 Å².